The van der Waals surface area contributed by atoms with Gasteiger partial charge in [0.1, 0.15) is 0 Å². The molecule has 1 atom stereocenters. The van der Waals surface area contributed by atoms with Gasteiger partial charge in [-0.15, -0.1) is 0 Å². The Hall–Kier alpha value is -0.170. The van der Waals surface area contributed by atoms with E-state index < -0.39 is 10.0 Å². The number of piperazine rings is 1. The molecule has 0 N–H and O–H groups in total. The minimum atomic E-state index is -3.06. The highest BCUT2D eigenvalue weighted by Gasteiger charge is 2.36. The molecule has 5 nitrogen and oxygen atoms in total. The van der Waals surface area contributed by atoms with Gasteiger partial charge in [-0.25, -0.2) is 8.42 Å². The minimum absolute atomic E-state index is 0.103. The second kappa shape index (κ2) is 6.52. The number of nitrogens with zero attached hydrogens (tertiary/aromatic N) is 2. The number of hydrogen-bond acceptors (Lipinski definition) is 4. The van der Waals surface area contributed by atoms with E-state index in [-0.39, 0.29) is 6.04 Å². The number of hydrogen-bond donors (Lipinski definition) is 0. The third-order valence-corrected chi connectivity index (χ3v) is 7.15. The van der Waals surface area contributed by atoms with E-state index in [1.807, 2.05) is 0 Å². The maximum atomic E-state index is 12.5. The molecule has 122 valence electrons. The molecule has 3 fully saturated rings. The van der Waals surface area contributed by atoms with Crippen LogP contribution in [0.5, 0.6) is 0 Å². The minimum Gasteiger partial charge on any atom is -0.381 e. The van der Waals surface area contributed by atoms with Gasteiger partial charge in [0.05, 0.1) is 5.75 Å². The molecule has 0 aromatic heterocycles. The van der Waals surface area contributed by atoms with Crippen molar-refractivity contribution in [2.45, 2.75) is 51.1 Å². The van der Waals surface area contributed by atoms with Crippen LogP contribution in [-0.2, 0) is 14.8 Å². The first-order chi connectivity index (χ1) is 10.1. The monoisotopic (exact) mass is 316 g/mol. The summed E-state index contributed by atoms with van der Waals surface area (Å²) in [6, 6.07) is 0.684. The molecule has 0 aromatic carbocycles. The molecule has 1 aliphatic carbocycles. The average molecular weight is 316 g/mol. The lowest BCUT2D eigenvalue weighted by Gasteiger charge is -2.43. The first-order valence-electron chi connectivity index (χ1n) is 8.37. The van der Waals surface area contributed by atoms with Gasteiger partial charge in [0.2, 0.25) is 10.0 Å². The van der Waals surface area contributed by atoms with E-state index in [1.165, 1.54) is 12.8 Å². The predicted octanol–water partition coefficient (Wildman–Crippen LogP) is 1.30. The molecule has 0 radical (unpaired) electrons. The Bertz CT molecular complexity index is 444. The maximum absolute atomic E-state index is 12.5. The van der Waals surface area contributed by atoms with Crippen LogP contribution < -0.4 is 0 Å². The van der Waals surface area contributed by atoms with Gasteiger partial charge >= 0.3 is 0 Å². The Morgan fingerprint density at radius 3 is 2.43 bits per heavy atom. The quantitative estimate of drug-likeness (QED) is 0.767. The van der Waals surface area contributed by atoms with E-state index in [4.69, 9.17) is 4.74 Å². The molecular formula is C15H28N2O3S. The van der Waals surface area contributed by atoms with E-state index in [0.29, 0.717) is 24.3 Å². The van der Waals surface area contributed by atoms with Gasteiger partial charge in [-0.3, -0.25) is 4.90 Å². The van der Waals surface area contributed by atoms with Gasteiger partial charge in [-0.2, -0.15) is 4.31 Å². The maximum Gasteiger partial charge on any atom is 0.214 e. The van der Waals surface area contributed by atoms with Crippen LogP contribution in [0.1, 0.15) is 39.0 Å². The number of rotatable bonds is 5. The van der Waals surface area contributed by atoms with Crippen molar-refractivity contribution in [3.8, 4) is 0 Å². The summed E-state index contributed by atoms with van der Waals surface area (Å²) in [7, 11) is -3.06. The highest BCUT2D eigenvalue weighted by Crippen LogP contribution is 2.33. The molecule has 3 rings (SSSR count). The summed E-state index contributed by atoms with van der Waals surface area (Å²) in [5.74, 6) is 1.03. The van der Waals surface area contributed by atoms with Gasteiger partial charge in [-0.05, 0) is 32.1 Å². The van der Waals surface area contributed by atoms with Crippen LogP contribution in [0.3, 0.4) is 0 Å². The molecule has 0 bridgehead atoms. The van der Waals surface area contributed by atoms with E-state index in [0.717, 1.165) is 45.6 Å². The Kier molecular flexibility index (Phi) is 4.88. The van der Waals surface area contributed by atoms with Gasteiger partial charge in [0, 0.05) is 44.9 Å². The zero-order chi connectivity index (χ0) is 14.9. The summed E-state index contributed by atoms with van der Waals surface area (Å²) in [6.45, 7) is 6.15. The molecular weight excluding hydrogens is 288 g/mol. The van der Waals surface area contributed by atoms with Crippen LogP contribution in [0, 0.1) is 5.92 Å². The van der Waals surface area contributed by atoms with E-state index in [1.54, 1.807) is 4.31 Å². The summed E-state index contributed by atoms with van der Waals surface area (Å²) in [5, 5.41) is 0. The second-order valence-corrected chi connectivity index (χ2v) is 8.89. The Morgan fingerprint density at radius 2 is 1.81 bits per heavy atom. The largest absolute Gasteiger partial charge is 0.381 e. The molecule has 21 heavy (non-hydrogen) atoms. The zero-order valence-electron chi connectivity index (χ0n) is 13.0. The van der Waals surface area contributed by atoms with Crippen molar-refractivity contribution in [2.75, 3.05) is 38.6 Å². The first-order valence-corrected chi connectivity index (χ1v) is 9.98. The highest BCUT2D eigenvalue weighted by molar-refractivity contribution is 7.89. The van der Waals surface area contributed by atoms with E-state index in [9.17, 15) is 8.42 Å². The van der Waals surface area contributed by atoms with Gasteiger partial charge < -0.3 is 4.74 Å². The normalized spacial score (nSPS) is 30.6. The van der Waals surface area contributed by atoms with Crippen molar-refractivity contribution in [3.63, 3.8) is 0 Å². The summed E-state index contributed by atoms with van der Waals surface area (Å²) in [4.78, 5) is 2.47. The van der Waals surface area contributed by atoms with Crippen molar-refractivity contribution < 1.29 is 13.2 Å². The highest BCUT2D eigenvalue weighted by atomic mass is 32.2. The fraction of sp³-hybridized carbons (Fsp3) is 1.00. The zero-order valence-corrected chi connectivity index (χ0v) is 13.9. The Morgan fingerprint density at radius 1 is 1.10 bits per heavy atom. The van der Waals surface area contributed by atoms with Gasteiger partial charge in [0.15, 0.2) is 0 Å². The fourth-order valence-electron chi connectivity index (χ4n) is 3.60. The van der Waals surface area contributed by atoms with Crippen molar-refractivity contribution >= 4 is 10.0 Å². The average Bonchev–Trinajstić information content (AvgIpc) is 3.30. The topological polar surface area (TPSA) is 49.9 Å². The van der Waals surface area contributed by atoms with Gasteiger partial charge in [0.25, 0.3) is 0 Å². The predicted molar refractivity (Wildman–Crippen MR) is 82.7 cm³/mol. The third kappa shape index (κ3) is 3.97. The van der Waals surface area contributed by atoms with Crippen LogP contribution in [0.25, 0.3) is 0 Å². The number of sulfonamides is 1. The SMILES string of the molecule is C[C@@H]1CN(C2CCOCC2)CCN1S(=O)(=O)CCC1CC1. The van der Waals surface area contributed by atoms with Gasteiger partial charge in [-0.1, -0.05) is 12.8 Å². The molecule has 2 saturated heterocycles. The summed E-state index contributed by atoms with van der Waals surface area (Å²) in [5.41, 5.74) is 0. The van der Waals surface area contributed by atoms with Crippen molar-refractivity contribution in [2.24, 2.45) is 5.92 Å². The summed E-state index contributed by atoms with van der Waals surface area (Å²) < 4.78 is 32.2. The van der Waals surface area contributed by atoms with Crippen LogP contribution in [-0.4, -0.2) is 68.3 Å². The smallest absolute Gasteiger partial charge is 0.214 e. The molecule has 0 aromatic rings. The molecule has 0 amide bonds. The van der Waals surface area contributed by atoms with E-state index in [2.05, 4.69) is 11.8 Å². The van der Waals surface area contributed by atoms with Crippen LogP contribution in [0.4, 0.5) is 0 Å². The molecule has 0 spiro atoms. The van der Waals surface area contributed by atoms with Crippen LogP contribution in [0.2, 0.25) is 0 Å². The lowest BCUT2D eigenvalue weighted by Crippen LogP contribution is -2.57. The van der Waals surface area contributed by atoms with Crippen LogP contribution >= 0.6 is 0 Å². The third-order valence-electron chi connectivity index (χ3n) is 5.14. The Labute approximate surface area is 128 Å². The van der Waals surface area contributed by atoms with Crippen molar-refractivity contribution in [1.29, 1.82) is 0 Å². The molecule has 2 aliphatic heterocycles. The molecule has 0 unspecified atom stereocenters. The number of ether oxygens (including phenoxy) is 1. The lowest BCUT2D eigenvalue weighted by molar-refractivity contribution is 0.0137. The van der Waals surface area contributed by atoms with E-state index >= 15 is 0 Å². The van der Waals surface area contributed by atoms with Crippen molar-refractivity contribution in [1.82, 2.24) is 9.21 Å². The summed E-state index contributed by atoms with van der Waals surface area (Å²) >= 11 is 0. The first kappa shape index (κ1) is 15.7. The molecule has 2 heterocycles. The molecule has 6 heteroatoms. The molecule has 1 saturated carbocycles. The van der Waals surface area contributed by atoms with Crippen LogP contribution in [0.15, 0.2) is 0 Å². The second-order valence-electron chi connectivity index (χ2n) is 6.85. The lowest BCUT2D eigenvalue weighted by atomic mass is 10.1. The van der Waals surface area contributed by atoms with Crippen molar-refractivity contribution in [3.05, 3.63) is 0 Å². The standard InChI is InChI=1S/C15H28N2O3S/c1-13-12-16(15-4-9-20-10-5-15)7-8-17(13)21(18,19)11-6-14-2-3-14/h13-15H,2-12H2,1H3/t13-/m1/s1. The Balaban J connectivity index is 1.54. The molecule has 3 aliphatic rings. The summed E-state index contributed by atoms with van der Waals surface area (Å²) in [6.07, 6.45) is 5.47. The fourth-order valence-corrected chi connectivity index (χ4v) is 5.44.